The minimum Gasteiger partial charge on any atom is -0.365 e. The van der Waals surface area contributed by atoms with E-state index in [1.54, 1.807) is 0 Å². The van der Waals surface area contributed by atoms with Gasteiger partial charge in [-0.1, -0.05) is 24.3 Å². The van der Waals surface area contributed by atoms with Gasteiger partial charge in [-0.15, -0.1) is 0 Å². The van der Waals surface area contributed by atoms with Gasteiger partial charge < -0.3 is 5.32 Å². The average Bonchev–Trinajstić information content (AvgIpc) is 3.16. The molecular weight excluding hydrogens is 222 g/mol. The second kappa shape index (κ2) is 4.48. The quantitative estimate of drug-likeness (QED) is 0.890. The maximum atomic E-state index is 4.39. The van der Waals surface area contributed by atoms with Crippen molar-refractivity contribution in [1.29, 1.82) is 0 Å². The van der Waals surface area contributed by atoms with E-state index in [9.17, 15) is 0 Å². The number of hydrogen-bond donors (Lipinski definition) is 1. The van der Waals surface area contributed by atoms with Gasteiger partial charge in [0.25, 0.3) is 0 Å². The Hall–Kier alpha value is -1.77. The van der Waals surface area contributed by atoms with Crippen LogP contribution in [0.15, 0.2) is 30.3 Å². The standard InChI is InChI=1S/C15H19N3/c1-11-9-15(17-18(11)2)16-10-12-3-5-13(6-4-12)14-7-8-14/h3-6,9,14H,7-8,10H2,1-2H3,(H,16,17). The van der Waals surface area contributed by atoms with E-state index in [2.05, 4.69) is 47.7 Å². The molecule has 3 heteroatoms. The molecule has 1 heterocycles. The van der Waals surface area contributed by atoms with Crippen molar-refractivity contribution >= 4 is 5.82 Å². The van der Waals surface area contributed by atoms with Crippen LogP contribution in [0.1, 0.15) is 35.6 Å². The molecule has 3 rings (SSSR count). The predicted octanol–water partition coefficient (Wildman–Crippen LogP) is 3.22. The highest BCUT2D eigenvalue weighted by Gasteiger charge is 2.22. The highest BCUT2D eigenvalue weighted by molar-refractivity contribution is 5.37. The Morgan fingerprint density at radius 2 is 2.00 bits per heavy atom. The van der Waals surface area contributed by atoms with Crippen molar-refractivity contribution in [3.63, 3.8) is 0 Å². The molecular formula is C15H19N3. The SMILES string of the molecule is Cc1cc(NCc2ccc(C3CC3)cc2)nn1C. The maximum Gasteiger partial charge on any atom is 0.148 e. The number of rotatable bonds is 4. The van der Waals surface area contributed by atoms with E-state index in [0.29, 0.717) is 0 Å². The van der Waals surface area contributed by atoms with Crippen LogP contribution in [0.25, 0.3) is 0 Å². The number of aryl methyl sites for hydroxylation is 2. The van der Waals surface area contributed by atoms with Crippen LogP contribution in [-0.4, -0.2) is 9.78 Å². The lowest BCUT2D eigenvalue weighted by Gasteiger charge is -2.04. The second-order valence-corrected chi connectivity index (χ2v) is 5.16. The molecule has 1 fully saturated rings. The summed E-state index contributed by atoms with van der Waals surface area (Å²) in [5, 5.41) is 7.74. The lowest BCUT2D eigenvalue weighted by Crippen LogP contribution is -2.01. The first-order chi connectivity index (χ1) is 8.72. The molecule has 1 aromatic carbocycles. The molecule has 0 amide bonds. The summed E-state index contributed by atoms with van der Waals surface area (Å²) in [4.78, 5) is 0. The molecule has 1 aromatic heterocycles. The Balaban J connectivity index is 1.62. The Morgan fingerprint density at radius 1 is 1.28 bits per heavy atom. The first kappa shape index (κ1) is 11.3. The van der Waals surface area contributed by atoms with Crippen LogP contribution < -0.4 is 5.32 Å². The molecule has 1 N–H and O–H groups in total. The van der Waals surface area contributed by atoms with Gasteiger partial charge in [0, 0.05) is 25.4 Å². The molecule has 1 aliphatic carbocycles. The van der Waals surface area contributed by atoms with Gasteiger partial charge in [0.15, 0.2) is 0 Å². The molecule has 0 unspecified atom stereocenters. The lowest BCUT2D eigenvalue weighted by atomic mass is 10.1. The van der Waals surface area contributed by atoms with Crippen LogP contribution in [0, 0.1) is 6.92 Å². The van der Waals surface area contributed by atoms with Crippen molar-refractivity contribution in [3.05, 3.63) is 47.2 Å². The first-order valence-electron chi connectivity index (χ1n) is 6.56. The van der Waals surface area contributed by atoms with E-state index in [0.717, 1.165) is 18.3 Å². The number of nitrogens with zero attached hydrogens (tertiary/aromatic N) is 2. The van der Waals surface area contributed by atoms with Gasteiger partial charge in [-0.25, -0.2) is 0 Å². The van der Waals surface area contributed by atoms with Crippen LogP contribution in [0.4, 0.5) is 5.82 Å². The summed E-state index contributed by atoms with van der Waals surface area (Å²) in [5.74, 6) is 1.78. The van der Waals surface area contributed by atoms with E-state index in [4.69, 9.17) is 0 Å². The molecule has 0 aliphatic heterocycles. The van der Waals surface area contributed by atoms with E-state index in [1.807, 2.05) is 11.7 Å². The van der Waals surface area contributed by atoms with Gasteiger partial charge in [-0.2, -0.15) is 5.10 Å². The first-order valence-corrected chi connectivity index (χ1v) is 6.56. The largest absolute Gasteiger partial charge is 0.365 e. The Bertz CT molecular complexity index is 516. The Labute approximate surface area is 108 Å². The van der Waals surface area contributed by atoms with Crippen LogP contribution >= 0.6 is 0 Å². The van der Waals surface area contributed by atoms with E-state index in [-0.39, 0.29) is 0 Å². The monoisotopic (exact) mass is 241 g/mol. The van der Waals surface area contributed by atoms with Gasteiger partial charge in [-0.3, -0.25) is 4.68 Å². The maximum absolute atomic E-state index is 4.39. The van der Waals surface area contributed by atoms with Crippen molar-refractivity contribution in [2.24, 2.45) is 7.05 Å². The molecule has 94 valence electrons. The van der Waals surface area contributed by atoms with E-state index >= 15 is 0 Å². The number of anilines is 1. The molecule has 0 atom stereocenters. The van der Waals surface area contributed by atoms with Crippen molar-refractivity contribution in [1.82, 2.24) is 9.78 Å². The summed E-state index contributed by atoms with van der Waals surface area (Å²) in [6, 6.07) is 11.0. The van der Waals surface area contributed by atoms with Crippen LogP contribution in [0.3, 0.4) is 0 Å². The third-order valence-electron chi connectivity index (χ3n) is 3.62. The molecule has 1 aliphatic rings. The molecule has 2 aromatic rings. The minimum absolute atomic E-state index is 0.835. The molecule has 18 heavy (non-hydrogen) atoms. The third kappa shape index (κ3) is 2.40. The smallest absolute Gasteiger partial charge is 0.148 e. The summed E-state index contributed by atoms with van der Waals surface area (Å²) in [7, 11) is 1.96. The van der Waals surface area contributed by atoms with Crippen LogP contribution in [-0.2, 0) is 13.6 Å². The van der Waals surface area contributed by atoms with E-state index < -0.39 is 0 Å². The Morgan fingerprint density at radius 3 is 2.56 bits per heavy atom. The van der Waals surface area contributed by atoms with Gasteiger partial charge >= 0.3 is 0 Å². The third-order valence-corrected chi connectivity index (χ3v) is 3.62. The zero-order valence-corrected chi connectivity index (χ0v) is 11.0. The number of benzene rings is 1. The molecule has 0 bridgehead atoms. The summed E-state index contributed by atoms with van der Waals surface area (Å²) in [6.07, 6.45) is 2.73. The normalized spacial score (nSPS) is 14.8. The van der Waals surface area contributed by atoms with Crippen molar-refractivity contribution in [2.45, 2.75) is 32.2 Å². The summed E-state index contributed by atoms with van der Waals surface area (Å²) in [6.45, 7) is 2.89. The van der Waals surface area contributed by atoms with Crippen LogP contribution in [0.5, 0.6) is 0 Å². The summed E-state index contributed by atoms with van der Waals surface area (Å²) < 4.78 is 1.89. The van der Waals surface area contributed by atoms with Gasteiger partial charge in [0.05, 0.1) is 0 Å². The van der Waals surface area contributed by atoms with Gasteiger partial charge in [0.1, 0.15) is 5.82 Å². The summed E-state index contributed by atoms with van der Waals surface area (Å²) >= 11 is 0. The molecule has 0 spiro atoms. The van der Waals surface area contributed by atoms with Gasteiger partial charge in [-0.05, 0) is 36.8 Å². The average molecular weight is 241 g/mol. The number of aromatic nitrogens is 2. The fraction of sp³-hybridized carbons (Fsp3) is 0.400. The molecule has 0 saturated heterocycles. The highest BCUT2D eigenvalue weighted by Crippen LogP contribution is 2.39. The second-order valence-electron chi connectivity index (χ2n) is 5.16. The highest BCUT2D eigenvalue weighted by atomic mass is 15.3. The Kier molecular flexibility index (Phi) is 2.82. The molecule has 3 nitrogen and oxygen atoms in total. The van der Waals surface area contributed by atoms with Crippen molar-refractivity contribution in [2.75, 3.05) is 5.32 Å². The fourth-order valence-electron chi connectivity index (χ4n) is 2.16. The zero-order chi connectivity index (χ0) is 12.5. The summed E-state index contributed by atoms with van der Waals surface area (Å²) in [5.41, 5.74) is 3.97. The zero-order valence-electron chi connectivity index (χ0n) is 11.0. The predicted molar refractivity (Wildman–Crippen MR) is 73.7 cm³/mol. The fourth-order valence-corrected chi connectivity index (χ4v) is 2.16. The molecule has 0 radical (unpaired) electrons. The van der Waals surface area contributed by atoms with Crippen LogP contribution in [0.2, 0.25) is 0 Å². The lowest BCUT2D eigenvalue weighted by molar-refractivity contribution is 0.741. The van der Waals surface area contributed by atoms with Crippen molar-refractivity contribution < 1.29 is 0 Å². The number of hydrogen-bond acceptors (Lipinski definition) is 2. The minimum atomic E-state index is 0.835. The van der Waals surface area contributed by atoms with Crippen molar-refractivity contribution in [3.8, 4) is 0 Å². The topological polar surface area (TPSA) is 29.9 Å². The van der Waals surface area contributed by atoms with Gasteiger partial charge in [0.2, 0.25) is 0 Å². The van der Waals surface area contributed by atoms with E-state index in [1.165, 1.54) is 29.7 Å². The molecule has 1 saturated carbocycles. The number of nitrogens with one attached hydrogen (secondary N) is 1.